The molecule has 8 rings (SSSR count). The molecule has 5 aliphatic rings. The Balaban J connectivity index is 0.801. The zero-order chi connectivity index (χ0) is 44.3. The number of fused-ring (bicyclic) bond motifs is 1. The molecule has 0 spiro atoms. The number of piperidine rings is 3. The Bertz CT molecular complexity index is 2260. The Morgan fingerprint density at radius 1 is 0.778 bits per heavy atom. The van der Waals surface area contributed by atoms with Crippen LogP contribution in [0.3, 0.4) is 0 Å². The molecule has 4 fully saturated rings. The first-order valence-corrected chi connectivity index (χ1v) is 24.8. The van der Waals surface area contributed by atoms with E-state index in [0.29, 0.717) is 59.7 Å². The number of hydrogen-bond donors (Lipinski definition) is 1. The first kappa shape index (κ1) is 44.8. The molecule has 2 atom stereocenters. The summed E-state index contributed by atoms with van der Waals surface area (Å²) in [6.07, 6.45) is 8.89. The molecule has 14 nitrogen and oxygen atoms in total. The molecule has 4 amide bonds. The summed E-state index contributed by atoms with van der Waals surface area (Å²) in [7, 11) is -2.09. The molecule has 0 aliphatic carbocycles. The number of piperazine rings is 1. The molecule has 338 valence electrons. The Kier molecular flexibility index (Phi) is 13.9. The number of benzene rings is 3. The van der Waals surface area contributed by atoms with Gasteiger partial charge in [-0.2, -0.15) is 0 Å². The van der Waals surface area contributed by atoms with E-state index in [1.54, 1.807) is 24.3 Å². The number of nitrogens with zero attached hydrogens (tertiary/aromatic N) is 5. The van der Waals surface area contributed by atoms with Gasteiger partial charge in [0.25, 0.3) is 11.8 Å². The van der Waals surface area contributed by atoms with Crippen LogP contribution < -0.4 is 19.7 Å². The Morgan fingerprint density at radius 3 is 2.11 bits per heavy atom. The number of nitrogens with one attached hydrogen (secondary N) is 1. The van der Waals surface area contributed by atoms with Crippen LogP contribution in [0.25, 0.3) is 0 Å². The molecule has 3 aromatic carbocycles. The fraction of sp³-hybridized carbons (Fsp3) is 0.542. The van der Waals surface area contributed by atoms with E-state index < -0.39 is 33.4 Å². The highest BCUT2D eigenvalue weighted by Gasteiger charge is 2.44. The number of anilines is 1. The van der Waals surface area contributed by atoms with Crippen molar-refractivity contribution in [2.24, 2.45) is 0 Å². The van der Waals surface area contributed by atoms with Crippen molar-refractivity contribution in [3.8, 4) is 11.5 Å². The quantitative estimate of drug-likeness (QED) is 0.212. The van der Waals surface area contributed by atoms with Crippen molar-refractivity contribution in [2.45, 2.75) is 82.3 Å². The molecule has 0 radical (unpaired) electrons. The van der Waals surface area contributed by atoms with Gasteiger partial charge in [-0.1, -0.05) is 36.4 Å². The van der Waals surface area contributed by atoms with E-state index in [1.807, 2.05) is 31.2 Å². The molecule has 5 heterocycles. The molecular weight excluding hydrogens is 821 g/mol. The third kappa shape index (κ3) is 10.1. The fourth-order valence-corrected chi connectivity index (χ4v) is 11.4. The lowest BCUT2D eigenvalue weighted by molar-refractivity contribution is -0.134. The van der Waals surface area contributed by atoms with Gasteiger partial charge in [0.05, 0.1) is 48.2 Å². The molecule has 0 saturated carbocycles. The lowest BCUT2D eigenvalue weighted by Gasteiger charge is -2.46. The van der Waals surface area contributed by atoms with Gasteiger partial charge in [-0.05, 0) is 126 Å². The normalized spacial score (nSPS) is 21.7. The average Bonchev–Trinajstić information content (AvgIpc) is 3.54. The number of aryl methyl sites for hydroxylation is 1. The number of rotatable bonds is 15. The SMILES string of the molecule is CCOc1cc(C(CS(C)(=O)=O)N2C(=O)c3cccc(N4CCN(C5CCN(C6CCN(CCCc7ccc(C8CCC(=O)NC8=O)cc7)CC6)CC5)CC4)c3C2=O)ccc1OC. The van der Waals surface area contributed by atoms with Crippen molar-refractivity contribution >= 4 is 39.2 Å². The van der Waals surface area contributed by atoms with Crippen LogP contribution in [0.4, 0.5) is 5.69 Å². The number of carbonyl (C=O) groups is 4. The minimum atomic E-state index is -3.61. The number of imide groups is 2. The van der Waals surface area contributed by atoms with E-state index in [2.05, 4.69) is 37.0 Å². The smallest absolute Gasteiger partial charge is 0.264 e. The highest BCUT2D eigenvalue weighted by molar-refractivity contribution is 7.90. The van der Waals surface area contributed by atoms with E-state index >= 15 is 0 Å². The topological polar surface area (TPSA) is 149 Å². The van der Waals surface area contributed by atoms with Crippen LogP contribution in [0.1, 0.15) is 101 Å². The van der Waals surface area contributed by atoms with Gasteiger partial charge in [0.1, 0.15) is 9.84 Å². The molecular formula is C48H62N6O8S. The second kappa shape index (κ2) is 19.5. The fourth-order valence-electron chi connectivity index (χ4n) is 10.5. The number of amides is 4. The first-order chi connectivity index (χ1) is 30.4. The number of likely N-dealkylation sites (tertiary alicyclic amines) is 2. The van der Waals surface area contributed by atoms with Crippen molar-refractivity contribution in [3.05, 3.63) is 88.5 Å². The lowest BCUT2D eigenvalue weighted by atomic mass is 9.90. The van der Waals surface area contributed by atoms with Crippen molar-refractivity contribution in [3.63, 3.8) is 0 Å². The van der Waals surface area contributed by atoms with Gasteiger partial charge in [-0.3, -0.25) is 34.3 Å². The molecule has 63 heavy (non-hydrogen) atoms. The number of ether oxygens (including phenoxy) is 2. The highest BCUT2D eigenvalue weighted by atomic mass is 32.2. The van der Waals surface area contributed by atoms with Crippen LogP contribution in [-0.2, 0) is 25.8 Å². The largest absolute Gasteiger partial charge is 0.493 e. The molecule has 0 bridgehead atoms. The van der Waals surface area contributed by atoms with Crippen LogP contribution >= 0.6 is 0 Å². The van der Waals surface area contributed by atoms with Crippen LogP contribution in [0.2, 0.25) is 0 Å². The van der Waals surface area contributed by atoms with Gasteiger partial charge in [0.15, 0.2) is 11.5 Å². The van der Waals surface area contributed by atoms with Gasteiger partial charge in [0, 0.05) is 50.9 Å². The van der Waals surface area contributed by atoms with Crippen molar-refractivity contribution in [1.82, 2.24) is 24.9 Å². The summed E-state index contributed by atoms with van der Waals surface area (Å²) < 4.78 is 36.7. The number of sulfone groups is 1. The number of carbonyl (C=O) groups excluding carboxylic acids is 4. The van der Waals surface area contributed by atoms with Gasteiger partial charge in [-0.15, -0.1) is 0 Å². The molecule has 5 aliphatic heterocycles. The standard InChI is InChI=1S/C48H62N6O8S/c1-4-62-43-31-35(14-16-42(43)61-2)41(32-63(3,59)60)54-47(57)39-8-5-9-40(45(39)48(54)58)53-29-27-52(28-30-53)37-20-25-51(26-21-37)36-18-23-50(24-19-36)22-6-7-33-10-12-34(13-11-33)38-15-17-44(55)49-46(38)56/h5,8-14,16,31,36-38,41H,4,6-7,15,17-30,32H2,1-3H3,(H,49,55,56). The minimum absolute atomic E-state index is 0.181. The highest BCUT2D eigenvalue weighted by Crippen LogP contribution is 2.40. The average molecular weight is 883 g/mol. The third-order valence-electron chi connectivity index (χ3n) is 13.9. The maximum atomic E-state index is 14.4. The minimum Gasteiger partial charge on any atom is -0.493 e. The monoisotopic (exact) mass is 882 g/mol. The van der Waals surface area contributed by atoms with Gasteiger partial charge >= 0.3 is 0 Å². The molecule has 1 N–H and O–H groups in total. The maximum Gasteiger partial charge on any atom is 0.264 e. The molecule has 15 heteroatoms. The van der Waals surface area contributed by atoms with Crippen LogP contribution in [0.5, 0.6) is 11.5 Å². The van der Waals surface area contributed by atoms with Crippen LogP contribution in [0, 0.1) is 0 Å². The van der Waals surface area contributed by atoms with Gasteiger partial charge < -0.3 is 24.2 Å². The Morgan fingerprint density at radius 2 is 1.46 bits per heavy atom. The van der Waals surface area contributed by atoms with Crippen LogP contribution in [-0.4, -0.2) is 148 Å². The van der Waals surface area contributed by atoms with E-state index in [9.17, 15) is 27.6 Å². The molecule has 3 aromatic rings. The molecule has 2 unspecified atom stereocenters. The third-order valence-corrected chi connectivity index (χ3v) is 14.8. The van der Waals surface area contributed by atoms with Gasteiger partial charge in [0.2, 0.25) is 11.8 Å². The summed E-state index contributed by atoms with van der Waals surface area (Å²) in [6.45, 7) is 11.0. The van der Waals surface area contributed by atoms with Crippen molar-refractivity contribution in [2.75, 3.05) is 89.5 Å². The van der Waals surface area contributed by atoms with E-state index in [4.69, 9.17) is 9.47 Å². The summed E-state index contributed by atoms with van der Waals surface area (Å²) >= 11 is 0. The van der Waals surface area contributed by atoms with E-state index in [-0.39, 0.29) is 17.7 Å². The van der Waals surface area contributed by atoms with E-state index in [1.165, 1.54) is 25.5 Å². The Labute approximate surface area is 371 Å². The summed E-state index contributed by atoms with van der Waals surface area (Å²) in [5.74, 6) is -1.11. The zero-order valence-corrected chi connectivity index (χ0v) is 37.7. The van der Waals surface area contributed by atoms with Crippen molar-refractivity contribution in [1.29, 1.82) is 0 Å². The molecule has 4 saturated heterocycles. The second-order valence-corrected chi connectivity index (χ2v) is 20.0. The summed E-state index contributed by atoms with van der Waals surface area (Å²) in [5, 5.41) is 2.46. The van der Waals surface area contributed by atoms with E-state index in [0.717, 1.165) is 107 Å². The first-order valence-electron chi connectivity index (χ1n) is 22.8. The Hall–Kier alpha value is -4.83. The van der Waals surface area contributed by atoms with Crippen molar-refractivity contribution < 1.29 is 37.1 Å². The summed E-state index contributed by atoms with van der Waals surface area (Å²) in [5.41, 5.74) is 4.10. The van der Waals surface area contributed by atoms with Gasteiger partial charge in [-0.25, -0.2) is 8.42 Å². The number of hydrogen-bond acceptors (Lipinski definition) is 12. The van der Waals surface area contributed by atoms with Crippen LogP contribution in [0.15, 0.2) is 60.7 Å². The number of methoxy groups -OCH3 is 1. The zero-order valence-electron chi connectivity index (χ0n) is 36.9. The maximum absolute atomic E-state index is 14.4. The predicted octanol–water partition coefficient (Wildman–Crippen LogP) is 4.68. The summed E-state index contributed by atoms with van der Waals surface area (Å²) in [6, 6.07) is 18.9. The predicted molar refractivity (Wildman–Crippen MR) is 241 cm³/mol. The summed E-state index contributed by atoms with van der Waals surface area (Å²) in [4.78, 5) is 63.4. The lowest BCUT2D eigenvalue weighted by Crippen LogP contribution is -2.55. The second-order valence-electron chi connectivity index (χ2n) is 17.8. The molecule has 0 aromatic heterocycles.